The van der Waals surface area contributed by atoms with Crippen molar-refractivity contribution in [1.82, 2.24) is 10.6 Å². The van der Waals surface area contributed by atoms with Gasteiger partial charge in [0.15, 0.2) is 5.96 Å². The van der Waals surface area contributed by atoms with Crippen molar-refractivity contribution >= 4 is 29.9 Å². The fourth-order valence-corrected chi connectivity index (χ4v) is 2.24. The average molecular weight is 463 g/mol. The third-order valence-corrected chi connectivity index (χ3v) is 3.52. The highest BCUT2D eigenvalue weighted by Gasteiger charge is 1.97. The van der Waals surface area contributed by atoms with E-state index in [1.807, 2.05) is 0 Å². The first-order valence-electron chi connectivity index (χ1n) is 8.99. The maximum absolute atomic E-state index is 5.45. The molecule has 0 aromatic heterocycles. The van der Waals surface area contributed by atoms with Crippen LogP contribution in [0.15, 0.2) is 35.3 Å². The maximum Gasteiger partial charge on any atom is 0.191 e. The molecule has 1 rings (SSSR count). The van der Waals surface area contributed by atoms with Gasteiger partial charge in [0.25, 0.3) is 0 Å². The van der Waals surface area contributed by atoms with Gasteiger partial charge in [0.1, 0.15) is 0 Å². The molecule has 0 atom stereocenters. The molecule has 0 heterocycles. The molecule has 0 unspecified atom stereocenters. The minimum atomic E-state index is 0. The number of nitrogens with one attached hydrogen (secondary N) is 2. The number of hydrogen-bond donors (Lipinski definition) is 2. The molecule has 5 nitrogen and oxygen atoms in total. The number of unbranched alkanes of at least 4 members (excludes halogenated alkanes) is 1. The van der Waals surface area contributed by atoms with E-state index in [9.17, 15) is 0 Å². The highest BCUT2D eigenvalue weighted by molar-refractivity contribution is 14.0. The molecule has 1 aromatic rings. The van der Waals surface area contributed by atoms with Crippen LogP contribution in [0.4, 0.5) is 0 Å². The first-order chi connectivity index (χ1) is 11.9. The lowest BCUT2D eigenvalue weighted by atomic mass is 10.1. The van der Waals surface area contributed by atoms with E-state index in [0.29, 0.717) is 13.2 Å². The molecule has 0 spiro atoms. The van der Waals surface area contributed by atoms with Gasteiger partial charge < -0.3 is 20.1 Å². The fourth-order valence-electron chi connectivity index (χ4n) is 2.24. The lowest BCUT2D eigenvalue weighted by Gasteiger charge is -2.11. The second-order valence-corrected chi connectivity index (χ2v) is 5.59. The number of nitrogens with zero attached hydrogens (tertiary/aromatic N) is 1. The summed E-state index contributed by atoms with van der Waals surface area (Å²) in [6.07, 6.45) is 4.25. The van der Waals surface area contributed by atoms with Crippen LogP contribution in [-0.4, -0.2) is 52.5 Å². The third kappa shape index (κ3) is 14.0. The van der Waals surface area contributed by atoms with Crippen molar-refractivity contribution < 1.29 is 9.47 Å². The van der Waals surface area contributed by atoms with Gasteiger partial charge in [-0.3, -0.25) is 4.99 Å². The van der Waals surface area contributed by atoms with Crippen LogP contribution in [0.25, 0.3) is 0 Å². The summed E-state index contributed by atoms with van der Waals surface area (Å²) < 4.78 is 10.4. The van der Waals surface area contributed by atoms with Crippen molar-refractivity contribution in [3.05, 3.63) is 35.9 Å². The molecule has 1 aromatic carbocycles. The van der Waals surface area contributed by atoms with Crippen molar-refractivity contribution in [2.24, 2.45) is 4.99 Å². The largest absolute Gasteiger partial charge is 0.382 e. The van der Waals surface area contributed by atoms with Crippen LogP contribution in [0, 0.1) is 0 Å². The number of ether oxygens (including phenoxy) is 2. The second kappa shape index (κ2) is 17.9. The smallest absolute Gasteiger partial charge is 0.191 e. The number of benzene rings is 1. The third-order valence-electron chi connectivity index (χ3n) is 3.52. The normalized spacial score (nSPS) is 11.0. The first-order valence-corrected chi connectivity index (χ1v) is 8.99. The summed E-state index contributed by atoms with van der Waals surface area (Å²) in [6.45, 7) is 6.85. The standard InChI is InChI=1S/C19H33N3O2.HI/c1-3-20-19(21-13-7-8-15-24-17-16-23-2)22-14-9-12-18-10-5-4-6-11-18;/h4-6,10-11H,3,7-9,12-17H2,1-2H3,(H2,20,21,22);1H. The minimum absolute atomic E-state index is 0. The van der Waals surface area contributed by atoms with E-state index in [4.69, 9.17) is 9.47 Å². The van der Waals surface area contributed by atoms with Crippen LogP contribution in [0.3, 0.4) is 0 Å². The van der Waals surface area contributed by atoms with Crippen molar-refractivity contribution in [3.63, 3.8) is 0 Å². The lowest BCUT2D eigenvalue weighted by Crippen LogP contribution is -2.38. The zero-order valence-corrected chi connectivity index (χ0v) is 18.0. The molecule has 25 heavy (non-hydrogen) atoms. The number of methoxy groups -OCH3 is 1. The summed E-state index contributed by atoms with van der Waals surface area (Å²) in [7, 11) is 1.69. The van der Waals surface area contributed by atoms with Crippen LogP contribution in [0.5, 0.6) is 0 Å². The Hall–Kier alpha value is -0.860. The first kappa shape index (κ1) is 24.1. The van der Waals surface area contributed by atoms with Crippen molar-refractivity contribution in [1.29, 1.82) is 0 Å². The van der Waals surface area contributed by atoms with E-state index < -0.39 is 0 Å². The number of rotatable bonds is 13. The van der Waals surface area contributed by atoms with Gasteiger partial charge >= 0.3 is 0 Å². The summed E-state index contributed by atoms with van der Waals surface area (Å²) >= 11 is 0. The molecule has 0 saturated heterocycles. The molecular formula is C19H34IN3O2. The van der Waals surface area contributed by atoms with Crippen LogP contribution < -0.4 is 10.6 Å². The van der Waals surface area contributed by atoms with Crippen LogP contribution in [0.1, 0.15) is 31.7 Å². The Bertz CT molecular complexity index is 430. The molecule has 0 amide bonds. The molecule has 144 valence electrons. The van der Waals surface area contributed by atoms with Gasteiger partial charge in [-0.15, -0.1) is 24.0 Å². The maximum atomic E-state index is 5.45. The van der Waals surface area contributed by atoms with Gasteiger partial charge in [-0.1, -0.05) is 30.3 Å². The molecule has 0 bridgehead atoms. The number of guanidine groups is 1. The van der Waals surface area contributed by atoms with Gasteiger partial charge in [0.05, 0.1) is 13.2 Å². The topological polar surface area (TPSA) is 54.9 Å². The predicted molar refractivity (Wildman–Crippen MR) is 116 cm³/mol. The summed E-state index contributed by atoms with van der Waals surface area (Å²) in [5.74, 6) is 0.908. The fraction of sp³-hybridized carbons (Fsp3) is 0.632. The SMILES string of the molecule is CCNC(=NCCCc1ccccc1)NCCCCOCCOC.I. The average Bonchev–Trinajstić information content (AvgIpc) is 2.61. The predicted octanol–water partition coefficient (Wildman–Crippen LogP) is 3.24. The van der Waals surface area contributed by atoms with E-state index in [1.54, 1.807) is 7.11 Å². The van der Waals surface area contributed by atoms with Crippen LogP contribution >= 0.6 is 24.0 Å². The van der Waals surface area contributed by atoms with E-state index in [1.165, 1.54) is 5.56 Å². The molecule has 0 radical (unpaired) electrons. The molecule has 0 saturated carbocycles. The summed E-state index contributed by atoms with van der Waals surface area (Å²) in [6, 6.07) is 10.6. The molecule has 2 N–H and O–H groups in total. The molecule has 0 aliphatic heterocycles. The second-order valence-electron chi connectivity index (χ2n) is 5.59. The number of hydrogen-bond acceptors (Lipinski definition) is 3. The molecular weight excluding hydrogens is 429 g/mol. The van der Waals surface area contributed by atoms with Crippen molar-refractivity contribution in [2.75, 3.05) is 46.6 Å². The van der Waals surface area contributed by atoms with E-state index in [2.05, 4.69) is 52.9 Å². The quantitative estimate of drug-likeness (QED) is 0.204. The minimum Gasteiger partial charge on any atom is -0.382 e. The number of aliphatic imine (C=N–C) groups is 1. The van der Waals surface area contributed by atoms with Gasteiger partial charge in [0.2, 0.25) is 0 Å². The van der Waals surface area contributed by atoms with E-state index in [0.717, 1.165) is 57.9 Å². The molecule has 0 fully saturated rings. The summed E-state index contributed by atoms with van der Waals surface area (Å²) in [5.41, 5.74) is 1.37. The Morgan fingerprint density at radius 1 is 1.00 bits per heavy atom. The molecule has 0 aliphatic rings. The van der Waals surface area contributed by atoms with Gasteiger partial charge in [-0.2, -0.15) is 0 Å². The summed E-state index contributed by atoms with van der Waals surface area (Å²) in [4.78, 5) is 4.63. The van der Waals surface area contributed by atoms with Crippen molar-refractivity contribution in [2.45, 2.75) is 32.6 Å². The number of aryl methyl sites for hydroxylation is 1. The summed E-state index contributed by atoms with van der Waals surface area (Å²) in [5, 5.41) is 6.67. The molecule has 6 heteroatoms. The highest BCUT2D eigenvalue weighted by Crippen LogP contribution is 2.02. The number of halogens is 1. The Morgan fingerprint density at radius 3 is 2.52 bits per heavy atom. The van der Waals surface area contributed by atoms with Gasteiger partial charge in [0, 0.05) is 33.4 Å². The monoisotopic (exact) mass is 463 g/mol. The van der Waals surface area contributed by atoms with Crippen LogP contribution in [0.2, 0.25) is 0 Å². The lowest BCUT2D eigenvalue weighted by molar-refractivity contribution is 0.0689. The molecule has 0 aliphatic carbocycles. The van der Waals surface area contributed by atoms with Crippen LogP contribution in [-0.2, 0) is 15.9 Å². The zero-order valence-electron chi connectivity index (χ0n) is 15.6. The van der Waals surface area contributed by atoms with Crippen molar-refractivity contribution in [3.8, 4) is 0 Å². The van der Waals surface area contributed by atoms with E-state index in [-0.39, 0.29) is 24.0 Å². The Balaban J connectivity index is 0.00000576. The Morgan fingerprint density at radius 2 is 1.80 bits per heavy atom. The Kier molecular flexibility index (Phi) is 17.3. The Labute approximate surface area is 170 Å². The van der Waals surface area contributed by atoms with Gasteiger partial charge in [-0.05, 0) is 38.2 Å². The zero-order chi connectivity index (χ0) is 17.3. The van der Waals surface area contributed by atoms with E-state index >= 15 is 0 Å². The highest BCUT2D eigenvalue weighted by atomic mass is 127. The van der Waals surface area contributed by atoms with Gasteiger partial charge in [-0.25, -0.2) is 0 Å².